The van der Waals surface area contributed by atoms with Gasteiger partial charge in [0.2, 0.25) is 0 Å². The molecule has 1 aromatic heterocycles. The lowest BCUT2D eigenvalue weighted by molar-refractivity contribution is 0.701. The third kappa shape index (κ3) is 2.80. The predicted octanol–water partition coefficient (Wildman–Crippen LogP) is 3.95. The van der Waals surface area contributed by atoms with E-state index in [0.29, 0.717) is 12.0 Å². The standard InChI is InChI=1S/C16H21N3/c1-12(2)13-4-3-5-14(8-13)18-10-16-9-17-11-19(16)15-6-7-15/h3-5,8-9,11-12,15,18H,6-7,10H2,1-2H3. The lowest BCUT2D eigenvalue weighted by atomic mass is 10.0. The van der Waals surface area contributed by atoms with Gasteiger partial charge in [-0.1, -0.05) is 26.0 Å². The molecule has 3 rings (SSSR count). The minimum atomic E-state index is 0.568. The molecule has 1 aromatic carbocycles. The molecule has 2 aromatic rings. The number of hydrogen-bond donors (Lipinski definition) is 1. The van der Waals surface area contributed by atoms with Gasteiger partial charge in [-0.05, 0) is 36.5 Å². The summed E-state index contributed by atoms with van der Waals surface area (Å²) in [6, 6.07) is 9.37. The van der Waals surface area contributed by atoms with Crippen LogP contribution < -0.4 is 5.32 Å². The second-order valence-corrected chi connectivity index (χ2v) is 5.66. The zero-order valence-corrected chi connectivity index (χ0v) is 11.6. The molecule has 1 aliphatic carbocycles. The highest BCUT2D eigenvalue weighted by molar-refractivity contribution is 5.46. The van der Waals surface area contributed by atoms with Crippen molar-refractivity contribution in [2.24, 2.45) is 0 Å². The van der Waals surface area contributed by atoms with Gasteiger partial charge < -0.3 is 9.88 Å². The van der Waals surface area contributed by atoms with E-state index >= 15 is 0 Å². The van der Waals surface area contributed by atoms with Crippen LogP contribution in [0, 0.1) is 0 Å². The quantitative estimate of drug-likeness (QED) is 0.876. The molecule has 0 unspecified atom stereocenters. The Labute approximate surface area is 114 Å². The summed E-state index contributed by atoms with van der Waals surface area (Å²) in [7, 11) is 0. The third-order valence-electron chi connectivity index (χ3n) is 3.71. The molecule has 1 saturated carbocycles. The Hall–Kier alpha value is -1.77. The van der Waals surface area contributed by atoms with Gasteiger partial charge in [-0.3, -0.25) is 0 Å². The maximum absolute atomic E-state index is 4.26. The molecule has 0 radical (unpaired) electrons. The molecule has 1 fully saturated rings. The van der Waals surface area contributed by atoms with E-state index in [0.717, 1.165) is 6.54 Å². The van der Waals surface area contributed by atoms with E-state index in [1.807, 2.05) is 12.5 Å². The van der Waals surface area contributed by atoms with Gasteiger partial charge in [0.15, 0.2) is 0 Å². The van der Waals surface area contributed by atoms with E-state index < -0.39 is 0 Å². The summed E-state index contributed by atoms with van der Waals surface area (Å²) >= 11 is 0. The normalized spacial score (nSPS) is 14.9. The highest BCUT2D eigenvalue weighted by Gasteiger charge is 2.24. The average Bonchev–Trinajstić information content (AvgIpc) is 3.16. The van der Waals surface area contributed by atoms with Crippen molar-refractivity contribution in [1.29, 1.82) is 0 Å². The molecule has 0 amide bonds. The smallest absolute Gasteiger partial charge is 0.0951 e. The first kappa shape index (κ1) is 12.3. The Morgan fingerprint density at radius 3 is 2.95 bits per heavy atom. The van der Waals surface area contributed by atoms with Crippen LogP contribution in [0.25, 0.3) is 0 Å². The first-order valence-corrected chi connectivity index (χ1v) is 7.08. The van der Waals surface area contributed by atoms with E-state index in [4.69, 9.17) is 0 Å². The van der Waals surface area contributed by atoms with Crippen LogP contribution in [0.2, 0.25) is 0 Å². The molecule has 0 aliphatic heterocycles. The van der Waals surface area contributed by atoms with E-state index in [-0.39, 0.29) is 0 Å². The number of nitrogens with zero attached hydrogens (tertiary/aromatic N) is 2. The van der Waals surface area contributed by atoms with Crippen molar-refractivity contribution < 1.29 is 0 Å². The molecule has 3 heteroatoms. The van der Waals surface area contributed by atoms with E-state index in [2.05, 4.69) is 53.0 Å². The lowest BCUT2D eigenvalue weighted by Crippen LogP contribution is -2.06. The third-order valence-corrected chi connectivity index (χ3v) is 3.71. The largest absolute Gasteiger partial charge is 0.379 e. The number of hydrogen-bond acceptors (Lipinski definition) is 2. The first-order chi connectivity index (χ1) is 9.24. The van der Waals surface area contributed by atoms with Gasteiger partial charge in [0.05, 0.1) is 18.6 Å². The molecule has 3 nitrogen and oxygen atoms in total. The van der Waals surface area contributed by atoms with E-state index in [1.54, 1.807) is 0 Å². The summed E-state index contributed by atoms with van der Waals surface area (Å²) in [5.41, 5.74) is 3.84. The number of anilines is 1. The molecule has 0 bridgehead atoms. The van der Waals surface area contributed by atoms with Gasteiger partial charge in [-0.15, -0.1) is 0 Å². The Morgan fingerprint density at radius 2 is 2.21 bits per heavy atom. The van der Waals surface area contributed by atoms with Gasteiger partial charge in [0, 0.05) is 17.9 Å². The Bertz CT molecular complexity index is 553. The Kier molecular flexibility index (Phi) is 3.28. The highest BCUT2D eigenvalue weighted by atomic mass is 15.1. The van der Waals surface area contributed by atoms with Crippen molar-refractivity contribution in [2.75, 3.05) is 5.32 Å². The SMILES string of the molecule is CC(C)c1cccc(NCc2cncn2C2CC2)c1. The van der Waals surface area contributed by atoms with Crippen LogP contribution in [0.1, 0.15) is 49.9 Å². The summed E-state index contributed by atoms with van der Waals surface area (Å²) in [4.78, 5) is 4.26. The lowest BCUT2D eigenvalue weighted by Gasteiger charge is -2.11. The fourth-order valence-electron chi connectivity index (χ4n) is 2.35. The second-order valence-electron chi connectivity index (χ2n) is 5.66. The zero-order chi connectivity index (χ0) is 13.2. The molecular weight excluding hydrogens is 234 g/mol. The monoisotopic (exact) mass is 255 g/mol. The van der Waals surface area contributed by atoms with Crippen LogP contribution >= 0.6 is 0 Å². The fraction of sp³-hybridized carbons (Fsp3) is 0.438. The number of rotatable bonds is 5. The van der Waals surface area contributed by atoms with Gasteiger partial charge in [-0.25, -0.2) is 4.98 Å². The summed E-state index contributed by atoms with van der Waals surface area (Å²) < 4.78 is 2.30. The molecule has 100 valence electrons. The van der Waals surface area contributed by atoms with Gasteiger partial charge >= 0.3 is 0 Å². The highest BCUT2D eigenvalue weighted by Crippen LogP contribution is 2.35. The molecule has 0 spiro atoms. The Balaban J connectivity index is 1.68. The van der Waals surface area contributed by atoms with Crippen molar-refractivity contribution in [3.63, 3.8) is 0 Å². The second kappa shape index (κ2) is 5.08. The van der Waals surface area contributed by atoms with E-state index in [1.165, 1.54) is 29.8 Å². The summed E-state index contributed by atoms with van der Waals surface area (Å²) in [5, 5.41) is 3.50. The number of benzene rings is 1. The van der Waals surface area contributed by atoms with Gasteiger partial charge in [-0.2, -0.15) is 0 Å². The van der Waals surface area contributed by atoms with Crippen LogP contribution in [-0.2, 0) is 6.54 Å². The number of aromatic nitrogens is 2. The summed E-state index contributed by atoms with van der Waals surface area (Å²) in [5.74, 6) is 0.568. The van der Waals surface area contributed by atoms with Gasteiger partial charge in [0.1, 0.15) is 0 Å². The van der Waals surface area contributed by atoms with E-state index in [9.17, 15) is 0 Å². The number of imidazole rings is 1. The molecule has 1 N–H and O–H groups in total. The van der Waals surface area contributed by atoms with Crippen molar-refractivity contribution in [3.8, 4) is 0 Å². The molecule has 19 heavy (non-hydrogen) atoms. The zero-order valence-electron chi connectivity index (χ0n) is 11.6. The number of nitrogens with one attached hydrogen (secondary N) is 1. The van der Waals surface area contributed by atoms with Crippen LogP contribution in [-0.4, -0.2) is 9.55 Å². The van der Waals surface area contributed by atoms with Crippen molar-refractivity contribution in [1.82, 2.24) is 9.55 Å². The van der Waals surface area contributed by atoms with Crippen molar-refractivity contribution in [3.05, 3.63) is 48.0 Å². The first-order valence-electron chi connectivity index (χ1n) is 7.08. The molecule has 1 aliphatic rings. The summed E-state index contributed by atoms with van der Waals surface area (Å²) in [6.07, 6.45) is 6.52. The molecule has 0 saturated heterocycles. The molecule has 1 heterocycles. The minimum Gasteiger partial charge on any atom is -0.379 e. The molecular formula is C16H21N3. The van der Waals surface area contributed by atoms with Gasteiger partial charge in [0.25, 0.3) is 0 Å². The van der Waals surface area contributed by atoms with Crippen molar-refractivity contribution >= 4 is 5.69 Å². The fourth-order valence-corrected chi connectivity index (χ4v) is 2.35. The minimum absolute atomic E-state index is 0.568. The predicted molar refractivity (Wildman–Crippen MR) is 78.4 cm³/mol. The maximum atomic E-state index is 4.26. The maximum Gasteiger partial charge on any atom is 0.0951 e. The van der Waals surface area contributed by atoms with Crippen LogP contribution in [0.3, 0.4) is 0 Å². The Morgan fingerprint density at radius 1 is 1.37 bits per heavy atom. The summed E-state index contributed by atoms with van der Waals surface area (Å²) in [6.45, 7) is 5.29. The molecule has 0 atom stereocenters. The van der Waals surface area contributed by atoms with Crippen LogP contribution in [0.4, 0.5) is 5.69 Å². The van der Waals surface area contributed by atoms with Crippen LogP contribution in [0.5, 0.6) is 0 Å². The topological polar surface area (TPSA) is 29.9 Å². The average molecular weight is 255 g/mol. The van der Waals surface area contributed by atoms with Crippen LogP contribution in [0.15, 0.2) is 36.8 Å². The van der Waals surface area contributed by atoms with Crippen molar-refractivity contribution in [2.45, 2.75) is 45.2 Å².